The quantitative estimate of drug-likeness (QED) is 0.316. The molecule has 2 aromatic heterocycles. The number of hydrogen-bond acceptors (Lipinski definition) is 8. The van der Waals surface area contributed by atoms with Gasteiger partial charge in [0.05, 0.1) is 56.6 Å². The number of aromatic amines is 1. The summed E-state index contributed by atoms with van der Waals surface area (Å²) < 4.78 is 16.8. The van der Waals surface area contributed by atoms with Crippen LogP contribution in [0.2, 0.25) is 0 Å². The number of rotatable bonds is 11. The fraction of sp³-hybridized carbons (Fsp3) is 0.385. The third-order valence-electron chi connectivity index (χ3n) is 6.08. The minimum absolute atomic E-state index is 0.522. The highest BCUT2D eigenvalue weighted by Gasteiger charge is 2.15. The fourth-order valence-electron chi connectivity index (χ4n) is 4.19. The zero-order chi connectivity index (χ0) is 23.9. The van der Waals surface area contributed by atoms with E-state index in [2.05, 4.69) is 55.5 Å². The van der Waals surface area contributed by atoms with Crippen molar-refractivity contribution in [2.24, 2.45) is 0 Å². The van der Waals surface area contributed by atoms with Gasteiger partial charge in [0.1, 0.15) is 5.75 Å². The summed E-state index contributed by atoms with van der Waals surface area (Å²) in [7, 11) is 1.70. The number of H-pyrrole nitrogens is 1. The Morgan fingerprint density at radius 1 is 1.11 bits per heavy atom. The van der Waals surface area contributed by atoms with Gasteiger partial charge >= 0.3 is 0 Å². The molecule has 2 aromatic carbocycles. The molecule has 1 fully saturated rings. The SMILES string of the molecule is COc1cccc(CN(Cc2ccc3nc[nH]c3c2)c2nc(COCCN3CCOCC3)cs2)c1. The highest BCUT2D eigenvalue weighted by Crippen LogP contribution is 2.26. The number of methoxy groups -OCH3 is 1. The molecule has 3 heterocycles. The van der Waals surface area contributed by atoms with Crippen LogP contribution in [0, 0.1) is 0 Å². The van der Waals surface area contributed by atoms with Gasteiger partial charge < -0.3 is 24.1 Å². The molecule has 0 atom stereocenters. The average molecular weight is 494 g/mol. The van der Waals surface area contributed by atoms with Gasteiger partial charge in [0.25, 0.3) is 0 Å². The van der Waals surface area contributed by atoms with Crippen LogP contribution in [0.5, 0.6) is 5.75 Å². The maximum Gasteiger partial charge on any atom is 0.186 e. The number of imidazole rings is 1. The van der Waals surface area contributed by atoms with E-state index < -0.39 is 0 Å². The van der Waals surface area contributed by atoms with Crippen molar-refractivity contribution in [3.63, 3.8) is 0 Å². The van der Waals surface area contributed by atoms with Crippen molar-refractivity contribution in [1.29, 1.82) is 0 Å². The summed E-state index contributed by atoms with van der Waals surface area (Å²) in [6, 6.07) is 14.5. The van der Waals surface area contributed by atoms with Gasteiger partial charge in [-0.3, -0.25) is 4.90 Å². The molecule has 1 aliphatic rings. The summed E-state index contributed by atoms with van der Waals surface area (Å²) in [4.78, 5) is 17.1. The van der Waals surface area contributed by atoms with Crippen LogP contribution < -0.4 is 9.64 Å². The predicted octanol–water partition coefficient (Wildman–Crippen LogP) is 4.08. The second-order valence-corrected chi connectivity index (χ2v) is 9.43. The van der Waals surface area contributed by atoms with E-state index in [1.165, 1.54) is 11.1 Å². The molecule has 8 nitrogen and oxygen atoms in total. The second kappa shape index (κ2) is 11.6. The smallest absolute Gasteiger partial charge is 0.186 e. The number of thiazole rings is 1. The standard InChI is InChI=1S/C26H31N5O3S/c1-32-23-4-2-3-20(13-23)15-31(16-21-5-6-24-25(14-21)28-19-27-24)26-29-22(18-35-26)17-34-12-9-30-7-10-33-11-8-30/h2-6,13-14,18-19H,7-12,15-17H2,1H3,(H,27,28). The van der Waals surface area contributed by atoms with Gasteiger partial charge in [-0.1, -0.05) is 18.2 Å². The molecule has 0 aliphatic carbocycles. The van der Waals surface area contributed by atoms with E-state index in [0.717, 1.165) is 73.5 Å². The number of benzene rings is 2. The zero-order valence-electron chi connectivity index (χ0n) is 20.0. The van der Waals surface area contributed by atoms with E-state index in [-0.39, 0.29) is 0 Å². The van der Waals surface area contributed by atoms with E-state index in [1.54, 1.807) is 24.8 Å². The molecule has 0 spiro atoms. The molecular formula is C26H31N5O3S. The molecule has 1 N–H and O–H groups in total. The molecule has 0 unspecified atom stereocenters. The van der Waals surface area contributed by atoms with Gasteiger partial charge in [-0.15, -0.1) is 11.3 Å². The Balaban J connectivity index is 1.26. The Labute approximate surface area is 209 Å². The third-order valence-corrected chi connectivity index (χ3v) is 7.03. The van der Waals surface area contributed by atoms with E-state index in [0.29, 0.717) is 13.2 Å². The van der Waals surface area contributed by atoms with Gasteiger partial charge in [-0.2, -0.15) is 0 Å². The molecule has 9 heteroatoms. The van der Waals surface area contributed by atoms with Crippen LogP contribution in [0.1, 0.15) is 16.8 Å². The largest absolute Gasteiger partial charge is 0.497 e. The number of aromatic nitrogens is 3. The van der Waals surface area contributed by atoms with E-state index in [9.17, 15) is 0 Å². The van der Waals surface area contributed by atoms with Crippen LogP contribution in [0.4, 0.5) is 5.13 Å². The summed E-state index contributed by atoms with van der Waals surface area (Å²) in [5.41, 5.74) is 5.34. The molecule has 184 valence electrons. The molecule has 1 aliphatic heterocycles. The van der Waals surface area contributed by atoms with Crippen molar-refractivity contribution < 1.29 is 14.2 Å². The van der Waals surface area contributed by atoms with Gasteiger partial charge in [0.2, 0.25) is 0 Å². The Morgan fingerprint density at radius 2 is 1.97 bits per heavy atom. The van der Waals surface area contributed by atoms with Gasteiger partial charge in [-0.05, 0) is 35.4 Å². The predicted molar refractivity (Wildman–Crippen MR) is 138 cm³/mol. The first-order valence-corrected chi connectivity index (χ1v) is 12.8. The summed E-state index contributed by atoms with van der Waals surface area (Å²) in [6.45, 7) is 7.19. The molecule has 4 aromatic rings. The summed E-state index contributed by atoms with van der Waals surface area (Å²) in [6.07, 6.45) is 1.73. The second-order valence-electron chi connectivity index (χ2n) is 8.59. The van der Waals surface area contributed by atoms with Crippen molar-refractivity contribution in [3.05, 3.63) is 71.0 Å². The third kappa shape index (κ3) is 6.37. The maximum absolute atomic E-state index is 5.94. The topological polar surface area (TPSA) is 75.7 Å². The molecule has 0 amide bonds. The van der Waals surface area contributed by atoms with Crippen LogP contribution in [0.25, 0.3) is 11.0 Å². The molecular weight excluding hydrogens is 462 g/mol. The van der Waals surface area contributed by atoms with Gasteiger partial charge in [0, 0.05) is 38.1 Å². The van der Waals surface area contributed by atoms with Crippen LogP contribution in [-0.2, 0) is 29.2 Å². The van der Waals surface area contributed by atoms with Crippen LogP contribution in [-0.4, -0.2) is 66.4 Å². The van der Waals surface area contributed by atoms with Gasteiger partial charge in [-0.25, -0.2) is 9.97 Å². The van der Waals surface area contributed by atoms with Crippen molar-refractivity contribution in [2.75, 3.05) is 51.5 Å². The maximum atomic E-state index is 5.94. The van der Waals surface area contributed by atoms with Crippen LogP contribution >= 0.6 is 11.3 Å². The first-order chi connectivity index (χ1) is 17.3. The Bertz CT molecular complexity index is 1220. The van der Waals surface area contributed by atoms with Crippen LogP contribution in [0.3, 0.4) is 0 Å². The van der Waals surface area contributed by atoms with Crippen molar-refractivity contribution in [3.8, 4) is 5.75 Å². The first kappa shape index (κ1) is 23.7. The lowest BCUT2D eigenvalue weighted by Crippen LogP contribution is -2.38. The Morgan fingerprint density at radius 3 is 2.83 bits per heavy atom. The monoisotopic (exact) mass is 493 g/mol. The lowest BCUT2D eigenvalue weighted by molar-refractivity contribution is 0.0177. The molecule has 0 saturated carbocycles. The minimum Gasteiger partial charge on any atom is -0.497 e. The lowest BCUT2D eigenvalue weighted by Gasteiger charge is -2.26. The number of ether oxygens (including phenoxy) is 3. The number of nitrogens with zero attached hydrogens (tertiary/aromatic N) is 4. The Hall–Kier alpha value is -2.98. The first-order valence-electron chi connectivity index (χ1n) is 11.9. The summed E-state index contributed by atoms with van der Waals surface area (Å²) in [5, 5.41) is 3.07. The minimum atomic E-state index is 0.522. The average Bonchev–Trinajstić information content (AvgIpc) is 3.56. The van der Waals surface area contributed by atoms with Crippen LogP contribution in [0.15, 0.2) is 54.2 Å². The molecule has 5 rings (SSSR count). The fourth-order valence-corrected chi connectivity index (χ4v) is 5.00. The number of morpholine rings is 1. The van der Waals surface area contributed by atoms with E-state index >= 15 is 0 Å². The van der Waals surface area contributed by atoms with Crippen molar-refractivity contribution in [2.45, 2.75) is 19.7 Å². The van der Waals surface area contributed by atoms with Gasteiger partial charge in [0.15, 0.2) is 5.13 Å². The lowest BCUT2D eigenvalue weighted by atomic mass is 10.1. The normalized spacial score (nSPS) is 14.4. The Kier molecular flexibility index (Phi) is 7.89. The summed E-state index contributed by atoms with van der Waals surface area (Å²) in [5.74, 6) is 0.856. The molecule has 35 heavy (non-hydrogen) atoms. The van der Waals surface area contributed by atoms with Crippen molar-refractivity contribution >= 4 is 27.5 Å². The number of nitrogens with one attached hydrogen (secondary N) is 1. The molecule has 0 bridgehead atoms. The molecule has 0 radical (unpaired) electrons. The number of anilines is 1. The highest BCUT2D eigenvalue weighted by atomic mass is 32.1. The highest BCUT2D eigenvalue weighted by molar-refractivity contribution is 7.13. The van der Waals surface area contributed by atoms with Crippen molar-refractivity contribution in [1.82, 2.24) is 19.9 Å². The zero-order valence-corrected chi connectivity index (χ0v) is 20.8. The van der Waals surface area contributed by atoms with E-state index in [1.807, 2.05) is 12.1 Å². The molecule has 1 saturated heterocycles. The summed E-state index contributed by atoms with van der Waals surface area (Å²) >= 11 is 1.65. The van der Waals surface area contributed by atoms with E-state index in [4.69, 9.17) is 19.2 Å². The number of hydrogen-bond donors (Lipinski definition) is 1. The number of fused-ring (bicyclic) bond motifs is 1.